The van der Waals surface area contributed by atoms with Crippen molar-refractivity contribution in [2.75, 3.05) is 13.1 Å². The van der Waals surface area contributed by atoms with Crippen LogP contribution in [0.15, 0.2) is 29.2 Å². The number of hydrogen-bond acceptors (Lipinski definition) is 5. The van der Waals surface area contributed by atoms with Crippen LogP contribution < -0.4 is 0 Å². The number of likely N-dealkylation sites (tertiary alicyclic amines) is 1. The highest BCUT2D eigenvalue weighted by atomic mass is 32.2. The van der Waals surface area contributed by atoms with Gasteiger partial charge in [-0.05, 0) is 71.1 Å². The molecular formula is C21H30N2O5S. The van der Waals surface area contributed by atoms with Crippen molar-refractivity contribution in [1.29, 1.82) is 0 Å². The summed E-state index contributed by atoms with van der Waals surface area (Å²) in [5.41, 5.74) is 0.129. The SMILES string of the molecule is C[C@@H]1CCC[C@H](C)N1C(=O)[C@@H](C)OC(=O)c1cccc(S(=O)(=O)N2CCCC2)c1. The third-order valence-corrected chi connectivity index (χ3v) is 7.75. The number of carbonyl (C=O) groups is 2. The number of hydrogen-bond donors (Lipinski definition) is 0. The Balaban J connectivity index is 1.71. The summed E-state index contributed by atoms with van der Waals surface area (Å²) in [6.45, 7) is 6.58. The standard InChI is InChI=1S/C21H30N2O5S/c1-15-8-6-9-16(2)23(15)20(24)17(3)28-21(25)18-10-7-11-19(14-18)29(26,27)22-12-4-5-13-22/h7,10-11,14-17H,4-6,8-9,12-13H2,1-3H3/t15-,16+,17-/m1/s1. The first-order chi connectivity index (χ1) is 13.7. The van der Waals surface area contributed by atoms with Crippen LogP contribution in [0.3, 0.4) is 0 Å². The number of ether oxygens (including phenoxy) is 1. The lowest BCUT2D eigenvalue weighted by atomic mass is 9.97. The minimum Gasteiger partial charge on any atom is -0.449 e. The van der Waals surface area contributed by atoms with E-state index < -0.39 is 22.1 Å². The van der Waals surface area contributed by atoms with E-state index in [1.165, 1.54) is 28.6 Å². The Bertz CT molecular complexity index is 854. The summed E-state index contributed by atoms with van der Waals surface area (Å²) in [5.74, 6) is -0.902. The van der Waals surface area contributed by atoms with Gasteiger partial charge in [0.1, 0.15) is 0 Å². The normalized spacial score (nSPS) is 24.3. The van der Waals surface area contributed by atoms with Gasteiger partial charge in [-0.1, -0.05) is 6.07 Å². The first-order valence-electron chi connectivity index (χ1n) is 10.3. The predicted octanol–water partition coefficient (Wildman–Crippen LogP) is 2.81. The van der Waals surface area contributed by atoms with Gasteiger partial charge in [-0.3, -0.25) is 4.79 Å². The zero-order valence-corrected chi connectivity index (χ0v) is 18.2. The van der Waals surface area contributed by atoms with Crippen molar-refractivity contribution in [3.63, 3.8) is 0 Å². The molecule has 0 radical (unpaired) electrons. The summed E-state index contributed by atoms with van der Waals surface area (Å²) in [5, 5.41) is 0. The maximum atomic E-state index is 12.8. The summed E-state index contributed by atoms with van der Waals surface area (Å²) >= 11 is 0. The van der Waals surface area contributed by atoms with E-state index in [1.807, 2.05) is 13.8 Å². The molecule has 1 aromatic rings. The van der Waals surface area contributed by atoms with Gasteiger partial charge >= 0.3 is 5.97 Å². The smallest absolute Gasteiger partial charge is 0.338 e. The highest BCUT2D eigenvalue weighted by Crippen LogP contribution is 2.25. The Hall–Kier alpha value is -1.93. The number of rotatable bonds is 5. The largest absolute Gasteiger partial charge is 0.449 e. The molecule has 160 valence electrons. The highest BCUT2D eigenvalue weighted by Gasteiger charge is 2.33. The van der Waals surface area contributed by atoms with Crippen LogP contribution >= 0.6 is 0 Å². The molecule has 0 aliphatic carbocycles. The predicted molar refractivity (Wildman–Crippen MR) is 109 cm³/mol. The molecule has 0 aromatic heterocycles. The zero-order valence-electron chi connectivity index (χ0n) is 17.3. The molecule has 2 aliphatic heterocycles. The van der Waals surface area contributed by atoms with E-state index in [0.29, 0.717) is 13.1 Å². The average molecular weight is 423 g/mol. The van der Waals surface area contributed by atoms with Gasteiger partial charge in [-0.2, -0.15) is 4.31 Å². The van der Waals surface area contributed by atoms with Gasteiger partial charge in [0.2, 0.25) is 10.0 Å². The van der Waals surface area contributed by atoms with Crippen molar-refractivity contribution in [2.45, 2.75) is 76.0 Å². The minimum atomic E-state index is -3.62. The van der Waals surface area contributed by atoms with Crippen LogP contribution in [-0.2, 0) is 19.6 Å². The molecule has 0 N–H and O–H groups in total. The summed E-state index contributed by atoms with van der Waals surface area (Å²) < 4.78 is 32.3. The third kappa shape index (κ3) is 4.64. The van der Waals surface area contributed by atoms with Crippen molar-refractivity contribution >= 4 is 21.9 Å². The molecule has 1 aromatic carbocycles. The molecule has 8 heteroatoms. The number of piperidine rings is 1. The van der Waals surface area contributed by atoms with Gasteiger partial charge in [0.25, 0.3) is 5.91 Å². The number of amides is 1. The van der Waals surface area contributed by atoms with Gasteiger partial charge in [0.05, 0.1) is 10.5 Å². The summed E-state index contributed by atoms with van der Waals surface area (Å²) in [7, 11) is -3.62. The summed E-state index contributed by atoms with van der Waals surface area (Å²) in [6, 6.07) is 6.08. The van der Waals surface area contributed by atoms with E-state index in [2.05, 4.69) is 0 Å². The molecule has 0 unspecified atom stereocenters. The Morgan fingerprint density at radius 3 is 2.31 bits per heavy atom. The number of benzene rings is 1. The van der Waals surface area contributed by atoms with Crippen molar-refractivity contribution in [2.24, 2.45) is 0 Å². The van der Waals surface area contributed by atoms with E-state index in [9.17, 15) is 18.0 Å². The molecule has 0 saturated carbocycles. The van der Waals surface area contributed by atoms with Crippen LogP contribution in [0.25, 0.3) is 0 Å². The number of nitrogens with zero attached hydrogens (tertiary/aromatic N) is 2. The lowest BCUT2D eigenvalue weighted by molar-refractivity contribution is -0.146. The van der Waals surface area contributed by atoms with Crippen LogP contribution in [0.5, 0.6) is 0 Å². The number of esters is 1. The van der Waals surface area contributed by atoms with Gasteiger partial charge in [0, 0.05) is 25.2 Å². The van der Waals surface area contributed by atoms with Crippen LogP contribution in [0, 0.1) is 0 Å². The van der Waals surface area contributed by atoms with Crippen LogP contribution in [0.4, 0.5) is 0 Å². The molecule has 0 spiro atoms. The Labute approximate surface area is 173 Å². The first-order valence-corrected chi connectivity index (χ1v) is 11.8. The number of carbonyl (C=O) groups excluding carboxylic acids is 2. The van der Waals surface area contributed by atoms with Crippen molar-refractivity contribution in [1.82, 2.24) is 9.21 Å². The fourth-order valence-electron chi connectivity index (χ4n) is 4.21. The van der Waals surface area contributed by atoms with Gasteiger partial charge in [-0.25, -0.2) is 13.2 Å². The summed E-state index contributed by atoms with van der Waals surface area (Å²) in [4.78, 5) is 27.3. The topological polar surface area (TPSA) is 84.0 Å². The lowest BCUT2D eigenvalue weighted by Crippen LogP contribution is -2.51. The highest BCUT2D eigenvalue weighted by molar-refractivity contribution is 7.89. The van der Waals surface area contributed by atoms with Crippen LogP contribution in [0.1, 0.15) is 63.2 Å². The van der Waals surface area contributed by atoms with E-state index in [1.54, 1.807) is 11.8 Å². The van der Waals surface area contributed by atoms with Crippen LogP contribution in [-0.4, -0.2) is 60.8 Å². The lowest BCUT2D eigenvalue weighted by Gasteiger charge is -2.40. The van der Waals surface area contributed by atoms with Crippen LogP contribution in [0.2, 0.25) is 0 Å². The quantitative estimate of drug-likeness (QED) is 0.682. The molecule has 0 bridgehead atoms. The fourth-order valence-corrected chi connectivity index (χ4v) is 5.77. The second-order valence-corrected chi connectivity index (χ2v) is 10.00. The number of sulfonamides is 1. The van der Waals surface area contributed by atoms with Crippen molar-refractivity contribution < 1.29 is 22.7 Å². The van der Waals surface area contributed by atoms with E-state index in [0.717, 1.165) is 32.1 Å². The molecule has 2 fully saturated rings. The van der Waals surface area contributed by atoms with E-state index >= 15 is 0 Å². The molecule has 2 aliphatic rings. The third-order valence-electron chi connectivity index (χ3n) is 5.85. The molecule has 2 heterocycles. The minimum absolute atomic E-state index is 0.0751. The molecule has 29 heavy (non-hydrogen) atoms. The Morgan fingerprint density at radius 2 is 1.69 bits per heavy atom. The molecular weight excluding hydrogens is 392 g/mol. The summed E-state index contributed by atoms with van der Waals surface area (Å²) in [6.07, 6.45) is 3.71. The van der Waals surface area contributed by atoms with E-state index in [4.69, 9.17) is 4.74 Å². The fraction of sp³-hybridized carbons (Fsp3) is 0.619. The van der Waals surface area contributed by atoms with Crippen molar-refractivity contribution in [3.8, 4) is 0 Å². The van der Waals surface area contributed by atoms with E-state index in [-0.39, 0.29) is 28.4 Å². The maximum absolute atomic E-state index is 12.8. The van der Waals surface area contributed by atoms with Gasteiger partial charge < -0.3 is 9.64 Å². The second kappa shape index (κ2) is 8.83. The Kier molecular flexibility index (Phi) is 6.63. The molecule has 3 atom stereocenters. The Morgan fingerprint density at radius 1 is 1.07 bits per heavy atom. The second-order valence-electron chi connectivity index (χ2n) is 8.06. The first kappa shape index (κ1) is 21.8. The maximum Gasteiger partial charge on any atom is 0.338 e. The molecule has 2 saturated heterocycles. The average Bonchev–Trinajstić information content (AvgIpc) is 3.23. The molecule has 1 amide bonds. The monoisotopic (exact) mass is 422 g/mol. The molecule has 7 nitrogen and oxygen atoms in total. The zero-order chi connectivity index (χ0) is 21.2. The van der Waals surface area contributed by atoms with Crippen molar-refractivity contribution in [3.05, 3.63) is 29.8 Å². The molecule has 3 rings (SSSR count). The van der Waals surface area contributed by atoms with Gasteiger partial charge in [-0.15, -0.1) is 0 Å². The van der Waals surface area contributed by atoms with Gasteiger partial charge in [0.15, 0.2) is 6.10 Å².